The van der Waals surface area contributed by atoms with Gasteiger partial charge in [0.1, 0.15) is 0 Å². The highest BCUT2D eigenvalue weighted by Crippen LogP contribution is 2.11. The Morgan fingerprint density at radius 3 is 3.00 bits per heavy atom. The van der Waals surface area contributed by atoms with Crippen molar-refractivity contribution in [2.24, 2.45) is 0 Å². The summed E-state index contributed by atoms with van der Waals surface area (Å²) in [7, 11) is 0. The van der Waals surface area contributed by atoms with E-state index in [1.807, 2.05) is 11.5 Å². The first-order chi connectivity index (χ1) is 7.72. The Bertz CT molecular complexity index is 516. The maximum absolute atomic E-state index is 12.1. The van der Waals surface area contributed by atoms with Crippen molar-refractivity contribution < 1.29 is 4.79 Å². The lowest BCUT2D eigenvalue weighted by Crippen LogP contribution is -2.10. The Morgan fingerprint density at radius 2 is 2.31 bits per heavy atom. The second-order valence-electron chi connectivity index (χ2n) is 3.49. The SMILES string of the molecule is CCn1ccnc1C(=O)c1cccc(N)c1. The molecule has 82 valence electrons. The fourth-order valence-corrected chi connectivity index (χ4v) is 1.58. The molecule has 0 fully saturated rings. The summed E-state index contributed by atoms with van der Waals surface area (Å²) in [5.41, 5.74) is 6.79. The summed E-state index contributed by atoms with van der Waals surface area (Å²) in [6, 6.07) is 6.93. The number of imidazole rings is 1. The zero-order valence-electron chi connectivity index (χ0n) is 9.05. The maximum atomic E-state index is 12.1. The number of rotatable bonds is 3. The molecule has 1 heterocycles. The number of ketones is 1. The average Bonchev–Trinajstić information content (AvgIpc) is 2.76. The van der Waals surface area contributed by atoms with Gasteiger partial charge in [0.05, 0.1) is 0 Å². The topological polar surface area (TPSA) is 60.9 Å². The molecule has 1 aromatic heterocycles. The zero-order chi connectivity index (χ0) is 11.5. The largest absolute Gasteiger partial charge is 0.399 e. The lowest BCUT2D eigenvalue weighted by atomic mass is 10.1. The molecule has 0 saturated heterocycles. The van der Waals surface area contributed by atoms with Crippen molar-refractivity contribution in [3.8, 4) is 0 Å². The molecule has 16 heavy (non-hydrogen) atoms. The van der Waals surface area contributed by atoms with E-state index < -0.39 is 0 Å². The molecule has 0 aliphatic rings. The lowest BCUT2D eigenvalue weighted by Gasteiger charge is -2.04. The Labute approximate surface area is 93.7 Å². The number of hydrogen-bond acceptors (Lipinski definition) is 3. The van der Waals surface area contributed by atoms with Crippen LogP contribution in [-0.4, -0.2) is 15.3 Å². The van der Waals surface area contributed by atoms with Gasteiger partial charge < -0.3 is 10.3 Å². The van der Waals surface area contributed by atoms with Crippen molar-refractivity contribution in [2.45, 2.75) is 13.5 Å². The number of carbonyl (C=O) groups is 1. The van der Waals surface area contributed by atoms with Gasteiger partial charge in [-0.25, -0.2) is 4.98 Å². The van der Waals surface area contributed by atoms with Gasteiger partial charge in [0.15, 0.2) is 5.82 Å². The second kappa shape index (κ2) is 4.18. The van der Waals surface area contributed by atoms with Crippen molar-refractivity contribution in [2.75, 3.05) is 5.73 Å². The molecule has 0 spiro atoms. The molecular formula is C12H13N3O. The summed E-state index contributed by atoms with van der Waals surface area (Å²) >= 11 is 0. The molecule has 2 N–H and O–H groups in total. The number of nitrogens with zero attached hydrogens (tertiary/aromatic N) is 2. The van der Waals surface area contributed by atoms with Crippen molar-refractivity contribution in [3.63, 3.8) is 0 Å². The minimum Gasteiger partial charge on any atom is -0.399 e. The molecule has 1 aromatic carbocycles. The normalized spacial score (nSPS) is 10.3. The van der Waals surface area contributed by atoms with Crippen molar-refractivity contribution >= 4 is 11.5 Å². The summed E-state index contributed by atoms with van der Waals surface area (Å²) in [4.78, 5) is 16.2. The number of anilines is 1. The second-order valence-corrected chi connectivity index (χ2v) is 3.49. The summed E-state index contributed by atoms with van der Waals surface area (Å²) in [5, 5.41) is 0. The molecule has 0 radical (unpaired) electrons. The first kappa shape index (κ1) is 10.4. The maximum Gasteiger partial charge on any atom is 0.228 e. The Morgan fingerprint density at radius 1 is 1.50 bits per heavy atom. The molecule has 4 nitrogen and oxygen atoms in total. The molecule has 0 unspecified atom stereocenters. The van der Waals surface area contributed by atoms with E-state index in [0.717, 1.165) is 6.54 Å². The average molecular weight is 215 g/mol. The number of nitrogen functional groups attached to an aromatic ring is 1. The Balaban J connectivity index is 2.39. The summed E-state index contributed by atoms with van der Waals surface area (Å²) in [5.74, 6) is 0.354. The molecule has 4 heteroatoms. The van der Waals surface area contributed by atoms with Crippen LogP contribution in [0.4, 0.5) is 5.69 Å². The van der Waals surface area contributed by atoms with Gasteiger partial charge in [-0.3, -0.25) is 4.79 Å². The summed E-state index contributed by atoms with van der Waals surface area (Å²) in [6.07, 6.45) is 3.42. The minimum atomic E-state index is -0.0980. The van der Waals surface area contributed by atoms with Gasteiger partial charge in [0, 0.05) is 30.2 Å². The van der Waals surface area contributed by atoms with E-state index in [-0.39, 0.29) is 5.78 Å². The molecule has 2 rings (SSSR count). The number of carbonyl (C=O) groups excluding carboxylic acids is 1. The fourth-order valence-electron chi connectivity index (χ4n) is 1.58. The number of aromatic nitrogens is 2. The monoisotopic (exact) mass is 215 g/mol. The van der Waals surface area contributed by atoms with Crippen molar-refractivity contribution in [1.29, 1.82) is 0 Å². The van der Waals surface area contributed by atoms with E-state index >= 15 is 0 Å². The molecular weight excluding hydrogens is 202 g/mol. The van der Waals surface area contributed by atoms with E-state index in [9.17, 15) is 4.79 Å². The number of aryl methyl sites for hydroxylation is 1. The zero-order valence-corrected chi connectivity index (χ0v) is 9.05. The van der Waals surface area contributed by atoms with Crippen molar-refractivity contribution in [1.82, 2.24) is 9.55 Å². The van der Waals surface area contributed by atoms with Gasteiger partial charge in [-0.05, 0) is 19.1 Å². The van der Waals surface area contributed by atoms with Crippen LogP contribution in [-0.2, 0) is 6.54 Å². The molecule has 0 saturated carbocycles. The Kier molecular flexibility index (Phi) is 2.72. The van der Waals surface area contributed by atoms with Crippen LogP contribution in [0.15, 0.2) is 36.7 Å². The summed E-state index contributed by atoms with van der Waals surface area (Å²) < 4.78 is 1.81. The van der Waals surface area contributed by atoms with Crippen LogP contribution >= 0.6 is 0 Å². The van der Waals surface area contributed by atoms with Crippen molar-refractivity contribution in [3.05, 3.63) is 48.0 Å². The van der Waals surface area contributed by atoms with Gasteiger partial charge in [-0.15, -0.1) is 0 Å². The molecule has 0 amide bonds. The standard InChI is InChI=1S/C12H13N3O/c1-2-15-7-6-14-12(15)11(16)9-4-3-5-10(13)8-9/h3-8H,2,13H2,1H3. The van der Waals surface area contributed by atoms with E-state index in [2.05, 4.69) is 4.98 Å². The van der Waals surface area contributed by atoms with Crippen LogP contribution in [0.1, 0.15) is 23.1 Å². The predicted octanol–water partition coefficient (Wildman–Crippen LogP) is 1.72. The highest BCUT2D eigenvalue weighted by atomic mass is 16.1. The highest BCUT2D eigenvalue weighted by Gasteiger charge is 2.14. The molecule has 0 aliphatic carbocycles. The predicted molar refractivity (Wildman–Crippen MR) is 62.2 cm³/mol. The molecule has 0 bridgehead atoms. The third kappa shape index (κ3) is 1.82. The third-order valence-corrected chi connectivity index (χ3v) is 2.41. The van der Waals surface area contributed by atoms with E-state index in [1.165, 1.54) is 0 Å². The number of benzene rings is 1. The van der Waals surface area contributed by atoms with Gasteiger partial charge in [0.2, 0.25) is 5.78 Å². The van der Waals surface area contributed by atoms with E-state index in [4.69, 9.17) is 5.73 Å². The molecule has 2 aromatic rings. The molecule has 0 atom stereocenters. The first-order valence-corrected chi connectivity index (χ1v) is 5.13. The summed E-state index contributed by atoms with van der Waals surface area (Å²) in [6.45, 7) is 2.70. The smallest absolute Gasteiger partial charge is 0.228 e. The Hall–Kier alpha value is -2.10. The number of nitrogens with two attached hydrogens (primary N) is 1. The van der Waals surface area contributed by atoms with Crippen LogP contribution in [0.2, 0.25) is 0 Å². The molecule has 0 aliphatic heterocycles. The minimum absolute atomic E-state index is 0.0980. The van der Waals surface area contributed by atoms with Gasteiger partial charge >= 0.3 is 0 Å². The van der Waals surface area contributed by atoms with E-state index in [1.54, 1.807) is 36.7 Å². The lowest BCUT2D eigenvalue weighted by molar-refractivity contribution is 0.102. The quantitative estimate of drug-likeness (QED) is 0.626. The van der Waals surface area contributed by atoms with Crippen LogP contribution in [0.3, 0.4) is 0 Å². The van der Waals surface area contributed by atoms with Gasteiger partial charge in [-0.2, -0.15) is 0 Å². The highest BCUT2D eigenvalue weighted by molar-refractivity contribution is 6.07. The van der Waals surface area contributed by atoms with Crippen LogP contribution < -0.4 is 5.73 Å². The van der Waals surface area contributed by atoms with Crippen LogP contribution in [0.5, 0.6) is 0 Å². The van der Waals surface area contributed by atoms with Crippen LogP contribution in [0, 0.1) is 0 Å². The number of hydrogen-bond donors (Lipinski definition) is 1. The van der Waals surface area contributed by atoms with Gasteiger partial charge in [0.25, 0.3) is 0 Å². The van der Waals surface area contributed by atoms with Crippen LogP contribution in [0.25, 0.3) is 0 Å². The first-order valence-electron chi connectivity index (χ1n) is 5.13. The third-order valence-electron chi connectivity index (χ3n) is 2.41. The van der Waals surface area contributed by atoms with E-state index in [0.29, 0.717) is 17.1 Å². The fraction of sp³-hybridized carbons (Fsp3) is 0.167. The van der Waals surface area contributed by atoms with Gasteiger partial charge in [-0.1, -0.05) is 12.1 Å².